The Morgan fingerprint density at radius 2 is 1.76 bits per heavy atom. The molecule has 0 aliphatic carbocycles. The van der Waals surface area contributed by atoms with E-state index in [1.165, 1.54) is 23.9 Å². The lowest BCUT2D eigenvalue weighted by atomic mass is 9.93. The van der Waals surface area contributed by atoms with Crippen molar-refractivity contribution in [3.8, 4) is 0 Å². The molecule has 1 aliphatic heterocycles. The van der Waals surface area contributed by atoms with Gasteiger partial charge in [0.15, 0.2) is 0 Å². The first-order valence-electron chi connectivity index (χ1n) is 5.59. The van der Waals surface area contributed by atoms with Crippen molar-refractivity contribution in [1.29, 1.82) is 0 Å². The van der Waals surface area contributed by atoms with Gasteiger partial charge in [-0.1, -0.05) is 18.2 Å². The maximum absolute atomic E-state index is 4.35. The number of H-pyrrole nitrogens is 1. The number of benzene rings is 1. The van der Waals surface area contributed by atoms with Crippen LogP contribution in [0.3, 0.4) is 0 Å². The third kappa shape index (κ3) is 2.73. The molecule has 2 aromatic rings. The Kier molecular flexibility index (Phi) is 5.25. The minimum Gasteiger partial charge on any atom is -0.317 e. The van der Waals surface area contributed by atoms with Crippen LogP contribution in [-0.4, -0.2) is 23.3 Å². The molecule has 5 heteroatoms. The number of hydrogen-bond acceptors (Lipinski definition) is 2. The van der Waals surface area contributed by atoms with Crippen molar-refractivity contribution in [1.82, 2.24) is 15.5 Å². The van der Waals surface area contributed by atoms with Crippen molar-refractivity contribution >= 4 is 35.7 Å². The Morgan fingerprint density at radius 1 is 1.06 bits per heavy atom. The molecule has 0 radical (unpaired) electrons. The molecule has 0 amide bonds. The van der Waals surface area contributed by atoms with Crippen LogP contribution in [0.2, 0.25) is 0 Å². The normalized spacial score (nSPS) is 16.2. The van der Waals surface area contributed by atoms with Crippen molar-refractivity contribution < 1.29 is 0 Å². The quantitative estimate of drug-likeness (QED) is 0.839. The van der Waals surface area contributed by atoms with Crippen molar-refractivity contribution in [2.24, 2.45) is 0 Å². The predicted octanol–water partition coefficient (Wildman–Crippen LogP) is 2.87. The van der Waals surface area contributed by atoms with E-state index in [0.717, 1.165) is 18.6 Å². The van der Waals surface area contributed by atoms with Gasteiger partial charge in [-0.3, -0.25) is 5.10 Å². The molecule has 3 nitrogen and oxygen atoms in total. The van der Waals surface area contributed by atoms with Gasteiger partial charge in [0.1, 0.15) is 0 Å². The summed E-state index contributed by atoms with van der Waals surface area (Å²) in [6.07, 6.45) is 2.43. The van der Waals surface area contributed by atoms with Gasteiger partial charge in [0.05, 0.1) is 5.52 Å². The van der Waals surface area contributed by atoms with Gasteiger partial charge in [-0.05, 0) is 32.0 Å². The second-order valence-electron chi connectivity index (χ2n) is 4.18. The van der Waals surface area contributed by atoms with Crippen LogP contribution in [0.15, 0.2) is 24.3 Å². The van der Waals surface area contributed by atoms with Crippen LogP contribution in [0, 0.1) is 0 Å². The SMILES string of the molecule is Cl.Cl.c1ccc2c(C3CCNCC3)[nH]nc2c1. The summed E-state index contributed by atoms with van der Waals surface area (Å²) in [5.74, 6) is 0.652. The van der Waals surface area contributed by atoms with Crippen LogP contribution in [0.25, 0.3) is 10.9 Å². The second-order valence-corrected chi connectivity index (χ2v) is 4.18. The summed E-state index contributed by atoms with van der Waals surface area (Å²) in [5.41, 5.74) is 2.41. The number of halogens is 2. The zero-order chi connectivity index (χ0) is 10.1. The predicted molar refractivity (Wildman–Crippen MR) is 75.4 cm³/mol. The van der Waals surface area contributed by atoms with Crippen LogP contribution in [-0.2, 0) is 0 Å². The summed E-state index contributed by atoms with van der Waals surface area (Å²) in [6, 6.07) is 8.35. The summed E-state index contributed by atoms with van der Waals surface area (Å²) < 4.78 is 0. The zero-order valence-electron chi connectivity index (χ0n) is 9.48. The van der Waals surface area contributed by atoms with Gasteiger partial charge in [-0.25, -0.2) is 0 Å². The number of piperidine rings is 1. The van der Waals surface area contributed by atoms with E-state index in [1.54, 1.807) is 0 Å². The maximum atomic E-state index is 4.35. The molecule has 0 saturated carbocycles. The Hall–Kier alpha value is -0.770. The molecular weight excluding hydrogens is 257 g/mol. The first kappa shape index (κ1) is 14.3. The van der Waals surface area contributed by atoms with Crippen molar-refractivity contribution in [2.45, 2.75) is 18.8 Å². The van der Waals surface area contributed by atoms with Crippen LogP contribution < -0.4 is 5.32 Å². The molecule has 1 aromatic heterocycles. The van der Waals surface area contributed by atoms with Gasteiger partial charge in [-0.15, -0.1) is 24.8 Å². The van der Waals surface area contributed by atoms with E-state index in [-0.39, 0.29) is 24.8 Å². The highest BCUT2D eigenvalue weighted by Crippen LogP contribution is 2.28. The molecule has 0 atom stereocenters. The summed E-state index contributed by atoms with van der Waals surface area (Å²) in [4.78, 5) is 0. The largest absolute Gasteiger partial charge is 0.317 e. The number of hydrogen-bond donors (Lipinski definition) is 2. The van der Waals surface area contributed by atoms with Gasteiger partial charge < -0.3 is 5.32 Å². The molecule has 1 saturated heterocycles. The van der Waals surface area contributed by atoms with Crippen LogP contribution in [0.4, 0.5) is 0 Å². The number of aromatic amines is 1. The summed E-state index contributed by atoms with van der Waals surface area (Å²) in [6.45, 7) is 2.25. The van der Waals surface area contributed by atoms with Gasteiger partial charge in [0.25, 0.3) is 0 Å². The minimum absolute atomic E-state index is 0. The van der Waals surface area contributed by atoms with Crippen molar-refractivity contribution in [3.05, 3.63) is 30.0 Å². The molecule has 1 aromatic carbocycles. The molecule has 2 heterocycles. The molecule has 1 aliphatic rings. The van der Waals surface area contributed by atoms with Gasteiger partial charge in [0.2, 0.25) is 0 Å². The summed E-state index contributed by atoms with van der Waals surface area (Å²) in [7, 11) is 0. The lowest BCUT2D eigenvalue weighted by Gasteiger charge is -2.21. The number of rotatable bonds is 1. The summed E-state index contributed by atoms with van der Waals surface area (Å²) in [5, 5.41) is 12.2. The molecule has 3 rings (SSSR count). The third-order valence-electron chi connectivity index (χ3n) is 3.24. The molecule has 1 fully saturated rings. The number of para-hydroxylation sites is 1. The zero-order valence-corrected chi connectivity index (χ0v) is 11.1. The fourth-order valence-electron chi connectivity index (χ4n) is 2.40. The number of nitrogens with one attached hydrogen (secondary N) is 2. The van der Waals surface area contributed by atoms with E-state index >= 15 is 0 Å². The fourth-order valence-corrected chi connectivity index (χ4v) is 2.40. The smallest absolute Gasteiger partial charge is 0.0923 e. The first-order chi connectivity index (χ1) is 7.45. The maximum Gasteiger partial charge on any atom is 0.0923 e. The average molecular weight is 274 g/mol. The Labute approximate surface area is 113 Å². The topological polar surface area (TPSA) is 40.7 Å². The van der Waals surface area contributed by atoms with Crippen LogP contribution >= 0.6 is 24.8 Å². The first-order valence-corrected chi connectivity index (χ1v) is 5.59. The molecule has 94 valence electrons. The van der Waals surface area contributed by atoms with E-state index in [1.807, 2.05) is 6.07 Å². The van der Waals surface area contributed by atoms with Gasteiger partial charge in [0, 0.05) is 17.0 Å². The highest BCUT2D eigenvalue weighted by Gasteiger charge is 2.18. The standard InChI is InChI=1S/C12H15N3.2ClH/c1-2-4-11-10(3-1)12(15-14-11)9-5-7-13-8-6-9;;/h1-4,9,13H,5-8H2,(H,14,15);2*1H. The molecular formula is C12H17Cl2N3. The van der Waals surface area contributed by atoms with E-state index in [2.05, 4.69) is 33.7 Å². The Morgan fingerprint density at radius 3 is 2.53 bits per heavy atom. The monoisotopic (exact) mass is 273 g/mol. The fraction of sp³-hybridized carbons (Fsp3) is 0.417. The molecule has 0 spiro atoms. The Balaban J connectivity index is 0.000000722. The molecule has 0 unspecified atom stereocenters. The van der Waals surface area contributed by atoms with E-state index < -0.39 is 0 Å². The lowest BCUT2D eigenvalue weighted by Crippen LogP contribution is -2.26. The average Bonchev–Trinajstić information content (AvgIpc) is 2.74. The number of aromatic nitrogens is 2. The highest BCUT2D eigenvalue weighted by atomic mass is 35.5. The Bertz CT molecular complexity index is 463. The third-order valence-corrected chi connectivity index (χ3v) is 3.24. The van der Waals surface area contributed by atoms with Gasteiger partial charge in [-0.2, -0.15) is 5.10 Å². The van der Waals surface area contributed by atoms with Gasteiger partial charge >= 0.3 is 0 Å². The number of fused-ring (bicyclic) bond motifs is 1. The minimum atomic E-state index is 0. The van der Waals surface area contributed by atoms with Crippen molar-refractivity contribution in [3.63, 3.8) is 0 Å². The highest BCUT2D eigenvalue weighted by molar-refractivity contribution is 5.85. The van der Waals surface area contributed by atoms with E-state index in [9.17, 15) is 0 Å². The summed E-state index contributed by atoms with van der Waals surface area (Å²) >= 11 is 0. The van der Waals surface area contributed by atoms with E-state index in [4.69, 9.17) is 0 Å². The number of nitrogens with zero attached hydrogens (tertiary/aromatic N) is 1. The second kappa shape index (κ2) is 6.24. The van der Waals surface area contributed by atoms with E-state index in [0.29, 0.717) is 5.92 Å². The van der Waals surface area contributed by atoms with Crippen LogP contribution in [0.1, 0.15) is 24.5 Å². The van der Waals surface area contributed by atoms with Crippen molar-refractivity contribution in [2.75, 3.05) is 13.1 Å². The molecule has 2 N–H and O–H groups in total. The molecule has 0 bridgehead atoms. The lowest BCUT2D eigenvalue weighted by molar-refractivity contribution is 0.454. The van der Waals surface area contributed by atoms with Crippen LogP contribution in [0.5, 0.6) is 0 Å². The molecule has 17 heavy (non-hydrogen) atoms.